The Bertz CT molecular complexity index is 621. The van der Waals surface area contributed by atoms with E-state index in [0.717, 1.165) is 24.9 Å². The van der Waals surface area contributed by atoms with Gasteiger partial charge >= 0.3 is 0 Å². The van der Waals surface area contributed by atoms with Crippen LogP contribution < -0.4 is 0 Å². The first kappa shape index (κ1) is 16.1. The number of hydrogen-bond donors (Lipinski definition) is 1. The molecule has 0 saturated heterocycles. The molecule has 1 aliphatic carbocycles. The van der Waals surface area contributed by atoms with E-state index in [1.165, 1.54) is 30.5 Å². The molecule has 23 heavy (non-hydrogen) atoms. The zero-order valence-electron chi connectivity index (χ0n) is 13.5. The lowest BCUT2D eigenvalue weighted by Crippen LogP contribution is -2.32. The fourth-order valence-electron chi connectivity index (χ4n) is 2.96. The summed E-state index contributed by atoms with van der Waals surface area (Å²) in [7, 11) is 1.93. The molecule has 0 spiro atoms. The van der Waals surface area contributed by atoms with Gasteiger partial charge in [-0.3, -0.25) is 9.58 Å². The van der Waals surface area contributed by atoms with Crippen LogP contribution in [-0.2, 0) is 13.5 Å². The van der Waals surface area contributed by atoms with Crippen molar-refractivity contribution in [3.05, 3.63) is 53.6 Å². The van der Waals surface area contributed by atoms with Crippen molar-refractivity contribution in [2.24, 2.45) is 7.05 Å². The van der Waals surface area contributed by atoms with Crippen molar-refractivity contribution in [1.82, 2.24) is 14.7 Å². The van der Waals surface area contributed by atoms with E-state index >= 15 is 0 Å². The molecule has 1 aromatic heterocycles. The largest absolute Gasteiger partial charge is 0.387 e. The number of halogens is 1. The van der Waals surface area contributed by atoms with Crippen molar-refractivity contribution in [2.45, 2.75) is 37.8 Å². The molecule has 1 N–H and O–H groups in total. The molecule has 1 heterocycles. The summed E-state index contributed by atoms with van der Waals surface area (Å²) in [6.45, 7) is 1.58. The van der Waals surface area contributed by atoms with Crippen LogP contribution in [0.25, 0.3) is 0 Å². The van der Waals surface area contributed by atoms with E-state index in [-0.39, 0.29) is 5.82 Å². The Morgan fingerprint density at radius 3 is 2.70 bits per heavy atom. The molecule has 0 radical (unpaired) electrons. The third-order valence-corrected chi connectivity index (χ3v) is 4.39. The summed E-state index contributed by atoms with van der Waals surface area (Å²) in [5.74, 6) is -0.267. The molecule has 0 aliphatic heterocycles. The summed E-state index contributed by atoms with van der Waals surface area (Å²) in [4.78, 5) is 2.37. The average molecular weight is 317 g/mol. The maximum atomic E-state index is 13.0. The zero-order chi connectivity index (χ0) is 16.2. The highest BCUT2D eigenvalue weighted by atomic mass is 19.1. The maximum absolute atomic E-state index is 13.0. The number of nitrogens with zero attached hydrogens (tertiary/aromatic N) is 3. The van der Waals surface area contributed by atoms with E-state index in [1.807, 2.05) is 17.9 Å². The van der Waals surface area contributed by atoms with Gasteiger partial charge in [0.2, 0.25) is 0 Å². The van der Waals surface area contributed by atoms with Gasteiger partial charge in [-0.15, -0.1) is 0 Å². The molecule has 1 unspecified atom stereocenters. The number of aryl methyl sites for hydroxylation is 2. The molecule has 4 nitrogen and oxygen atoms in total. The van der Waals surface area contributed by atoms with Crippen molar-refractivity contribution < 1.29 is 9.50 Å². The average Bonchev–Trinajstić information content (AvgIpc) is 3.30. The Balaban J connectivity index is 1.51. The van der Waals surface area contributed by atoms with E-state index in [0.29, 0.717) is 12.6 Å². The molecule has 5 heteroatoms. The summed E-state index contributed by atoms with van der Waals surface area (Å²) < 4.78 is 14.8. The second-order valence-corrected chi connectivity index (χ2v) is 6.42. The number of aromatic nitrogens is 2. The first-order chi connectivity index (χ1) is 11.1. The Labute approximate surface area is 136 Å². The highest BCUT2D eigenvalue weighted by molar-refractivity contribution is 5.19. The van der Waals surface area contributed by atoms with E-state index in [1.54, 1.807) is 12.1 Å². The second-order valence-electron chi connectivity index (χ2n) is 6.42. The third-order valence-electron chi connectivity index (χ3n) is 4.39. The molecule has 0 bridgehead atoms. The Morgan fingerprint density at radius 2 is 2.09 bits per heavy atom. The van der Waals surface area contributed by atoms with Crippen LogP contribution in [0.1, 0.15) is 36.5 Å². The summed E-state index contributed by atoms with van der Waals surface area (Å²) in [6, 6.07) is 6.74. The van der Waals surface area contributed by atoms with Crippen LogP contribution >= 0.6 is 0 Å². The number of aliphatic hydroxyl groups is 1. The molecule has 3 rings (SSSR count). The molecule has 0 amide bonds. The minimum Gasteiger partial charge on any atom is -0.387 e. The SMILES string of the molecule is Cn1cc(CCCN(CC(O)c2ccc(F)cc2)C2CC2)cn1. The molecule has 1 fully saturated rings. The van der Waals surface area contributed by atoms with E-state index in [2.05, 4.69) is 16.2 Å². The first-order valence-electron chi connectivity index (χ1n) is 8.27. The fraction of sp³-hybridized carbons (Fsp3) is 0.500. The predicted molar refractivity (Wildman–Crippen MR) is 87.5 cm³/mol. The normalized spacial score (nSPS) is 16.0. The highest BCUT2D eigenvalue weighted by Crippen LogP contribution is 2.29. The Morgan fingerprint density at radius 1 is 1.35 bits per heavy atom. The number of hydrogen-bond acceptors (Lipinski definition) is 3. The molecule has 1 aromatic carbocycles. The van der Waals surface area contributed by atoms with Gasteiger partial charge in [0.15, 0.2) is 0 Å². The Kier molecular flexibility index (Phi) is 5.08. The van der Waals surface area contributed by atoms with Gasteiger partial charge in [-0.1, -0.05) is 12.1 Å². The number of benzene rings is 1. The highest BCUT2D eigenvalue weighted by Gasteiger charge is 2.30. The van der Waals surface area contributed by atoms with E-state index < -0.39 is 6.10 Å². The van der Waals surface area contributed by atoms with Crippen LogP contribution in [-0.4, -0.2) is 38.9 Å². The molecular formula is C18H24FN3O. The van der Waals surface area contributed by atoms with Crippen LogP contribution in [0.2, 0.25) is 0 Å². The van der Waals surface area contributed by atoms with Crippen molar-refractivity contribution in [3.8, 4) is 0 Å². The topological polar surface area (TPSA) is 41.3 Å². The molecule has 2 aromatic rings. The predicted octanol–water partition coefficient (Wildman–Crippen LogP) is 2.69. The minimum absolute atomic E-state index is 0.267. The van der Waals surface area contributed by atoms with Gasteiger partial charge < -0.3 is 5.11 Å². The summed E-state index contributed by atoms with van der Waals surface area (Å²) >= 11 is 0. The van der Waals surface area contributed by atoms with Crippen LogP contribution in [0.3, 0.4) is 0 Å². The fourth-order valence-corrected chi connectivity index (χ4v) is 2.96. The van der Waals surface area contributed by atoms with Crippen LogP contribution in [0.15, 0.2) is 36.7 Å². The van der Waals surface area contributed by atoms with E-state index in [4.69, 9.17) is 0 Å². The zero-order valence-corrected chi connectivity index (χ0v) is 13.5. The first-order valence-corrected chi connectivity index (χ1v) is 8.27. The molecule has 1 atom stereocenters. The van der Waals surface area contributed by atoms with Crippen molar-refractivity contribution >= 4 is 0 Å². The van der Waals surface area contributed by atoms with Crippen molar-refractivity contribution in [2.75, 3.05) is 13.1 Å². The monoisotopic (exact) mass is 317 g/mol. The van der Waals surface area contributed by atoms with Crippen LogP contribution in [0.4, 0.5) is 4.39 Å². The van der Waals surface area contributed by atoms with Crippen LogP contribution in [0.5, 0.6) is 0 Å². The van der Waals surface area contributed by atoms with Gasteiger partial charge in [-0.2, -0.15) is 5.10 Å². The lowest BCUT2D eigenvalue weighted by atomic mass is 10.1. The standard InChI is InChI=1S/C18H24FN3O/c1-21-12-14(11-20-21)3-2-10-22(17-8-9-17)13-18(23)15-4-6-16(19)7-5-15/h4-7,11-12,17-18,23H,2-3,8-10,13H2,1H3. The van der Waals surface area contributed by atoms with Gasteiger partial charge in [0.05, 0.1) is 12.3 Å². The van der Waals surface area contributed by atoms with Gasteiger partial charge in [-0.05, 0) is 55.5 Å². The lowest BCUT2D eigenvalue weighted by molar-refractivity contribution is 0.108. The smallest absolute Gasteiger partial charge is 0.123 e. The van der Waals surface area contributed by atoms with Gasteiger partial charge in [0.1, 0.15) is 5.82 Å². The van der Waals surface area contributed by atoms with Crippen molar-refractivity contribution in [1.29, 1.82) is 0 Å². The molecule has 124 valence electrons. The lowest BCUT2D eigenvalue weighted by Gasteiger charge is -2.25. The minimum atomic E-state index is -0.561. The van der Waals surface area contributed by atoms with Crippen molar-refractivity contribution in [3.63, 3.8) is 0 Å². The number of rotatable bonds is 8. The van der Waals surface area contributed by atoms with Gasteiger partial charge in [-0.25, -0.2) is 4.39 Å². The molecule has 1 saturated carbocycles. The summed E-state index contributed by atoms with van der Waals surface area (Å²) in [6.07, 6.45) is 7.88. The van der Waals surface area contributed by atoms with Gasteiger partial charge in [0, 0.05) is 25.8 Å². The second kappa shape index (κ2) is 7.23. The Hall–Kier alpha value is -1.72. The molecular weight excluding hydrogens is 293 g/mol. The summed E-state index contributed by atoms with van der Waals surface area (Å²) in [5, 5.41) is 14.6. The number of aliphatic hydroxyl groups excluding tert-OH is 1. The van der Waals surface area contributed by atoms with E-state index in [9.17, 15) is 9.50 Å². The maximum Gasteiger partial charge on any atom is 0.123 e. The third kappa shape index (κ3) is 4.62. The summed E-state index contributed by atoms with van der Waals surface area (Å²) in [5.41, 5.74) is 2.03. The van der Waals surface area contributed by atoms with Gasteiger partial charge in [0.25, 0.3) is 0 Å². The molecule has 1 aliphatic rings. The van der Waals surface area contributed by atoms with Crippen LogP contribution in [0, 0.1) is 5.82 Å². The quantitative estimate of drug-likeness (QED) is 0.814.